The highest BCUT2D eigenvalue weighted by Crippen LogP contribution is 2.24. The normalized spacial score (nSPS) is 17.4. The van der Waals surface area contributed by atoms with Crippen molar-refractivity contribution < 1.29 is 19.5 Å². The van der Waals surface area contributed by atoms with Gasteiger partial charge in [0.25, 0.3) is 12.4 Å². The van der Waals surface area contributed by atoms with Crippen LogP contribution >= 0.6 is 0 Å². The predicted octanol–water partition coefficient (Wildman–Crippen LogP) is 1.90. The number of amides is 2. The van der Waals surface area contributed by atoms with Crippen LogP contribution in [0.5, 0.6) is 0 Å². The number of aryl methyl sites for hydroxylation is 3. The van der Waals surface area contributed by atoms with Crippen LogP contribution in [0.3, 0.4) is 0 Å². The lowest BCUT2D eigenvalue weighted by atomic mass is 9.85. The third kappa shape index (κ3) is 7.27. The van der Waals surface area contributed by atoms with Crippen LogP contribution in [0.2, 0.25) is 0 Å². The smallest absolute Gasteiger partial charge is 0.290 e. The Morgan fingerprint density at radius 3 is 2.56 bits per heavy atom. The van der Waals surface area contributed by atoms with Crippen LogP contribution in [0.4, 0.5) is 0 Å². The van der Waals surface area contributed by atoms with Crippen LogP contribution in [0.15, 0.2) is 18.3 Å². The first-order valence-electron chi connectivity index (χ1n) is 10.6. The topological polar surface area (TPSA) is 153 Å². The first-order valence-corrected chi connectivity index (χ1v) is 10.6. The molecule has 0 saturated heterocycles. The molecule has 2 heterocycles. The van der Waals surface area contributed by atoms with Gasteiger partial charge in [-0.25, -0.2) is 0 Å². The standard InChI is InChI=1S/C21H28N6O2.CH2O2/c1-14-10-15(2)27(26-14)9-3-8-23-20(28)17-4-6-18(7-5-17)25-21(29)19-11-16(12-22)13-24-19;2-1-3/h10-11,13,17-18,24H,3-9H2,1-2H3,(H,23,28)(H,25,29);1H,(H,2,3). The summed E-state index contributed by atoms with van der Waals surface area (Å²) in [4.78, 5) is 35.8. The maximum absolute atomic E-state index is 12.4. The van der Waals surface area contributed by atoms with Gasteiger partial charge >= 0.3 is 0 Å². The number of hydrogen-bond donors (Lipinski definition) is 4. The van der Waals surface area contributed by atoms with Crippen molar-refractivity contribution in [1.29, 1.82) is 5.26 Å². The highest BCUT2D eigenvalue weighted by Gasteiger charge is 2.27. The predicted molar refractivity (Wildman–Crippen MR) is 117 cm³/mol. The fraction of sp³-hybridized carbons (Fsp3) is 0.500. The minimum atomic E-state index is -0.250. The molecule has 1 fully saturated rings. The molecule has 32 heavy (non-hydrogen) atoms. The van der Waals surface area contributed by atoms with E-state index in [1.807, 2.05) is 30.7 Å². The molecule has 2 aromatic heterocycles. The Kier molecular flexibility index (Phi) is 9.47. The van der Waals surface area contributed by atoms with Crippen molar-refractivity contribution >= 4 is 18.3 Å². The second kappa shape index (κ2) is 12.3. The summed E-state index contributed by atoms with van der Waals surface area (Å²) >= 11 is 0. The van der Waals surface area contributed by atoms with Crippen molar-refractivity contribution in [2.75, 3.05) is 6.54 Å². The lowest BCUT2D eigenvalue weighted by molar-refractivity contribution is -0.126. The highest BCUT2D eigenvalue weighted by molar-refractivity contribution is 5.93. The quantitative estimate of drug-likeness (QED) is 0.379. The van der Waals surface area contributed by atoms with Gasteiger partial charge in [0.15, 0.2) is 0 Å². The summed E-state index contributed by atoms with van der Waals surface area (Å²) in [5.41, 5.74) is 2.98. The van der Waals surface area contributed by atoms with Gasteiger partial charge in [-0.1, -0.05) is 0 Å². The monoisotopic (exact) mass is 442 g/mol. The number of rotatable bonds is 7. The number of aromatic nitrogens is 3. The fourth-order valence-corrected chi connectivity index (χ4v) is 3.84. The molecule has 2 amide bonds. The first kappa shape index (κ1) is 24.7. The van der Waals surface area contributed by atoms with E-state index in [0.717, 1.165) is 50.0 Å². The van der Waals surface area contributed by atoms with E-state index < -0.39 is 0 Å². The maximum atomic E-state index is 12.4. The minimum absolute atomic E-state index is 0.00696. The summed E-state index contributed by atoms with van der Waals surface area (Å²) in [5.74, 6) is -0.0951. The van der Waals surface area contributed by atoms with Crippen LogP contribution in [-0.2, 0) is 16.1 Å². The van der Waals surface area contributed by atoms with E-state index in [-0.39, 0.29) is 30.2 Å². The number of aromatic amines is 1. The molecule has 4 N–H and O–H groups in total. The summed E-state index contributed by atoms with van der Waals surface area (Å²) in [6.45, 7) is 5.20. The third-order valence-electron chi connectivity index (χ3n) is 5.44. The van der Waals surface area contributed by atoms with Gasteiger partial charge in [0.2, 0.25) is 5.91 Å². The molecule has 0 spiro atoms. The van der Waals surface area contributed by atoms with E-state index in [1.165, 1.54) is 6.20 Å². The number of nitrogens with one attached hydrogen (secondary N) is 3. The van der Waals surface area contributed by atoms with Crippen LogP contribution in [-0.4, -0.2) is 50.7 Å². The number of nitriles is 1. The zero-order chi connectivity index (χ0) is 23.5. The van der Waals surface area contributed by atoms with Gasteiger partial charge in [-0.15, -0.1) is 0 Å². The number of hydrogen-bond acceptors (Lipinski definition) is 5. The molecule has 2 aromatic rings. The summed E-state index contributed by atoms with van der Waals surface area (Å²) in [7, 11) is 0. The summed E-state index contributed by atoms with van der Waals surface area (Å²) in [5, 5.41) is 26.2. The lowest BCUT2D eigenvalue weighted by Crippen LogP contribution is -2.41. The summed E-state index contributed by atoms with van der Waals surface area (Å²) in [6, 6.07) is 5.65. The molecule has 0 aromatic carbocycles. The van der Waals surface area contributed by atoms with Gasteiger partial charge in [0.05, 0.1) is 11.3 Å². The van der Waals surface area contributed by atoms with Crippen molar-refractivity contribution in [2.24, 2.45) is 5.92 Å². The summed E-state index contributed by atoms with van der Waals surface area (Å²) < 4.78 is 1.97. The minimum Gasteiger partial charge on any atom is -0.483 e. The Morgan fingerprint density at radius 2 is 2.00 bits per heavy atom. The highest BCUT2D eigenvalue weighted by atomic mass is 16.3. The molecule has 1 saturated carbocycles. The summed E-state index contributed by atoms with van der Waals surface area (Å²) in [6.07, 6.45) is 5.46. The molecule has 3 rings (SSSR count). The molecule has 0 aliphatic heterocycles. The molecular formula is C22H30N6O4. The Hall–Kier alpha value is -3.61. The molecule has 172 valence electrons. The maximum Gasteiger partial charge on any atom is 0.290 e. The van der Waals surface area contributed by atoms with Crippen molar-refractivity contribution in [3.05, 3.63) is 41.0 Å². The van der Waals surface area contributed by atoms with Gasteiger partial charge < -0.3 is 20.7 Å². The number of H-pyrrole nitrogens is 1. The molecule has 0 bridgehead atoms. The van der Waals surface area contributed by atoms with Gasteiger partial charge in [-0.05, 0) is 58.1 Å². The van der Waals surface area contributed by atoms with E-state index in [4.69, 9.17) is 15.2 Å². The van der Waals surface area contributed by atoms with E-state index in [9.17, 15) is 9.59 Å². The molecule has 10 heteroatoms. The van der Waals surface area contributed by atoms with Crippen LogP contribution < -0.4 is 10.6 Å². The molecule has 0 unspecified atom stereocenters. The zero-order valence-electron chi connectivity index (χ0n) is 18.4. The average Bonchev–Trinajstić information content (AvgIpc) is 3.38. The Labute approximate surface area is 187 Å². The van der Waals surface area contributed by atoms with Crippen LogP contribution in [0.25, 0.3) is 0 Å². The lowest BCUT2D eigenvalue weighted by Gasteiger charge is -2.28. The molecule has 1 aliphatic carbocycles. The van der Waals surface area contributed by atoms with Gasteiger partial charge in [0.1, 0.15) is 11.8 Å². The molecule has 0 atom stereocenters. The molecular weight excluding hydrogens is 412 g/mol. The van der Waals surface area contributed by atoms with Gasteiger partial charge in [-0.3, -0.25) is 19.1 Å². The fourth-order valence-electron chi connectivity index (χ4n) is 3.84. The molecule has 0 radical (unpaired) electrons. The van der Waals surface area contributed by atoms with E-state index in [1.54, 1.807) is 6.07 Å². The van der Waals surface area contributed by atoms with Crippen LogP contribution in [0, 0.1) is 31.1 Å². The second-order valence-electron chi connectivity index (χ2n) is 7.84. The first-order chi connectivity index (χ1) is 15.4. The Morgan fingerprint density at radius 1 is 1.31 bits per heavy atom. The second-order valence-corrected chi connectivity index (χ2v) is 7.84. The number of nitrogens with zero attached hydrogens (tertiary/aromatic N) is 3. The van der Waals surface area contributed by atoms with Gasteiger partial charge in [0, 0.05) is 36.9 Å². The SMILES string of the molecule is Cc1cc(C)n(CCCNC(=O)C2CCC(NC(=O)c3cc(C#N)c[nH]3)CC2)n1.O=CO. The Balaban J connectivity index is 0.00000114. The van der Waals surface area contributed by atoms with Gasteiger partial charge in [-0.2, -0.15) is 10.4 Å². The van der Waals surface area contributed by atoms with E-state index >= 15 is 0 Å². The van der Waals surface area contributed by atoms with Crippen molar-refractivity contribution in [2.45, 2.75) is 58.5 Å². The average molecular weight is 443 g/mol. The number of carboxylic acid groups (broad SMARTS) is 1. The Bertz CT molecular complexity index is 950. The van der Waals surface area contributed by atoms with E-state index in [0.29, 0.717) is 17.8 Å². The number of carbonyl (C=O) groups excluding carboxylic acids is 2. The van der Waals surface area contributed by atoms with E-state index in [2.05, 4.69) is 20.7 Å². The number of carbonyl (C=O) groups is 3. The van der Waals surface area contributed by atoms with Crippen molar-refractivity contribution in [1.82, 2.24) is 25.4 Å². The zero-order valence-corrected chi connectivity index (χ0v) is 18.4. The molecule has 10 nitrogen and oxygen atoms in total. The largest absolute Gasteiger partial charge is 0.483 e. The van der Waals surface area contributed by atoms with Crippen molar-refractivity contribution in [3.8, 4) is 6.07 Å². The van der Waals surface area contributed by atoms with Crippen molar-refractivity contribution in [3.63, 3.8) is 0 Å². The van der Waals surface area contributed by atoms with Crippen LogP contribution in [0.1, 0.15) is 59.5 Å². The molecule has 1 aliphatic rings. The third-order valence-corrected chi connectivity index (χ3v) is 5.44.